The van der Waals surface area contributed by atoms with Crippen LogP contribution in [-0.4, -0.2) is 41.8 Å². The molecule has 7 heteroatoms. The quantitative estimate of drug-likeness (QED) is 0.552. The molecule has 0 saturated heterocycles. The first kappa shape index (κ1) is 28.8. The monoisotopic (exact) mass is 394 g/mol. The molecule has 0 fully saturated rings. The van der Waals surface area contributed by atoms with E-state index in [-0.39, 0.29) is 63.6 Å². The molecule has 0 aromatic heterocycles. The standard InChI is InChI=1S/2C8H21N2Si.Ti/c2*1-7(2,3)9-11-10-8(4,5)6;/h2*9-11H,1-6H3;. The van der Waals surface area contributed by atoms with Crippen molar-refractivity contribution in [3.05, 3.63) is 0 Å². The molecule has 0 atom stereocenters. The molecule has 0 amide bonds. The Morgan fingerprint density at radius 2 is 0.522 bits per heavy atom. The number of nitrogens with one attached hydrogen (secondary N) is 4. The van der Waals surface area contributed by atoms with E-state index < -0.39 is 0 Å². The van der Waals surface area contributed by atoms with Gasteiger partial charge in [0.05, 0.1) is 0 Å². The summed E-state index contributed by atoms with van der Waals surface area (Å²) in [5.74, 6) is 0. The smallest absolute Gasteiger partial charge is 0.204 e. The summed E-state index contributed by atoms with van der Waals surface area (Å²) in [7, 11) is 0.338. The number of hydrogen-bond donors (Lipinski definition) is 4. The molecule has 0 aromatic rings. The summed E-state index contributed by atoms with van der Waals surface area (Å²) in [5, 5.41) is 0. The molecule has 0 rings (SSSR count). The molecule has 0 unspecified atom stereocenters. The van der Waals surface area contributed by atoms with Gasteiger partial charge in [0.15, 0.2) is 0 Å². The average Bonchev–Trinajstić information content (AvgIpc) is 2.08. The molecular formula is C16H42N4Si2Ti. The Morgan fingerprint density at radius 1 is 0.391 bits per heavy atom. The van der Waals surface area contributed by atoms with Crippen LogP contribution in [0, 0.1) is 0 Å². The Kier molecular flexibility index (Phi) is 14.5. The first-order valence-corrected chi connectivity index (χ1v) is 10.5. The van der Waals surface area contributed by atoms with Crippen LogP contribution in [0.5, 0.6) is 0 Å². The van der Waals surface area contributed by atoms with Crippen molar-refractivity contribution in [3.63, 3.8) is 0 Å². The van der Waals surface area contributed by atoms with Gasteiger partial charge in [-0.1, -0.05) is 0 Å². The summed E-state index contributed by atoms with van der Waals surface area (Å²) in [6, 6.07) is 0. The molecule has 4 nitrogen and oxygen atoms in total. The van der Waals surface area contributed by atoms with Crippen molar-refractivity contribution >= 4 is 19.7 Å². The van der Waals surface area contributed by atoms with Crippen LogP contribution in [-0.2, 0) is 21.7 Å². The molecule has 0 spiro atoms. The fourth-order valence-electron chi connectivity index (χ4n) is 0.938. The maximum absolute atomic E-state index is 3.45. The van der Waals surface area contributed by atoms with E-state index >= 15 is 0 Å². The van der Waals surface area contributed by atoms with E-state index in [9.17, 15) is 0 Å². The summed E-state index contributed by atoms with van der Waals surface area (Å²) >= 11 is 0. The van der Waals surface area contributed by atoms with Gasteiger partial charge in [0, 0.05) is 43.9 Å². The first-order valence-electron chi connectivity index (χ1n) is 8.15. The SMILES string of the molecule is CC(C)(C)N[SiH]NC(C)(C)C.CC(C)(C)N[SiH]NC(C)(C)C.[Ti]. The van der Waals surface area contributed by atoms with Crippen LogP contribution < -0.4 is 19.9 Å². The maximum atomic E-state index is 3.45. The first-order chi connectivity index (χ1) is 9.41. The molecule has 0 aliphatic rings. The molecule has 0 bridgehead atoms. The van der Waals surface area contributed by atoms with Crippen LogP contribution in [0.15, 0.2) is 0 Å². The molecular weight excluding hydrogens is 352 g/mol. The van der Waals surface area contributed by atoms with Gasteiger partial charge in [-0.2, -0.15) is 0 Å². The largest absolute Gasteiger partial charge is 0.324 e. The second-order valence-electron chi connectivity index (χ2n) is 9.87. The molecule has 23 heavy (non-hydrogen) atoms. The molecule has 0 heterocycles. The van der Waals surface area contributed by atoms with E-state index in [2.05, 4.69) is 103 Å². The Hall–Kier alpha value is 0.988. The fourth-order valence-corrected chi connectivity index (χ4v) is 2.81. The van der Waals surface area contributed by atoms with E-state index in [4.69, 9.17) is 0 Å². The fraction of sp³-hybridized carbons (Fsp3) is 1.00. The van der Waals surface area contributed by atoms with E-state index in [1.165, 1.54) is 0 Å². The average molecular weight is 395 g/mol. The van der Waals surface area contributed by atoms with Crippen LogP contribution >= 0.6 is 0 Å². The van der Waals surface area contributed by atoms with Gasteiger partial charge >= 0.3 is 0 Å². The van der Waals surface area contributed by atoms with Crippen LogP contribution in [0.25, 0.3) is 0 Å². The predicted molar refractivity (Wildman–Crippen MR) is 106 cm³/mol. The zero-order valence-corrected chi connectivity index (χ0v) is 21.5. The van der Waals surface area contributed by atoms with Crippen molar-refractivity contribution in [1.29, 1.82) is 0 Å². The second-order valence-corrected chi connectivity index (χ2v) is 11.6. The maximum Gasteiger partial charge on any atom is 0.204 e. The zero-order valence-electron chi connectivity index (χ0n) is 17.7. The predicted octanol–water partition coefficient (Wildman–Crippen LogP) is 2.06. The van der Waals surface area contributed by atoms with Gasteiger partial charge in [-0.25, -0.2) is 0 Å². The molecule has 0 aromatic carbocycles. The minimum absolute atomic E-state index is 0. The summed E-state index contributed by atoms with van der Waals surface area (Å²) in [4.78, 5) is 13.8. The van der Waals surface area contributed by atoms with Gasteiger partial charge in [0.1, 0.15) is 0 Å². The van der Waals surface area contributed by atoms with Crippen LogP contribution in [0.1, 0.15) is 83.1 Å². The Morgan fingerprint density at radius 3 is 0.609 bits per heavy atom. The number of rotatable bonds is 4. The molecule has 138 valence electrons. The van der Waals surface area contributed by atoms with Crippen LogP contribution in [0.4, 0.5) is 0 Å². The van der Waals surface area contributed by atoms with Gasteiger partial charge in [0.2, 0.25) is 19.7 Å². The minimum Gasteiger partial charge on any atom is -0.324 e. The van der Waals surface area contributed by atoms with Crippen molar-refractivity contribution in [3.8, 4) is 0 Å². The summed E-state index contributed by atoms with van der Waals surface area (Å²) < 4.78 is 0. The third-order valence-electron chi connectivity index (χ3n) is 2.02. The molecule has 0 saturated carbocycles. The van der Waals surface area contributed by atoms with E-state index in [1.54, 1.807) is 0 Å². The van der Waals surface area contributed by atoms with Crippen molar-refractivity contribution < 1.29 is 21.7 Å². The van der Waals surface area contributed by atoms with Crippen LogP contribution in [0.3, 0.4) is 0 Å². The Bertz CT molecular complexity index is 228. The molecule has 2 radical (unpaired) electrons. The van der Waals surface area contributed by atoms with Crippen molar-refractivity contribution in [2.45, 2.75) is 105 Å². The number of hydrogen-bond acceptors (Lipinski definition) is 4. The Labute approximate surface area is 166 Å². The van der Waals surface area contributed by atoms with Gasteiger partial charge < -0.3 is 19.9 Å². The van der Waals surface area contributed by atoms with E-state index in [1.807, 2.05) is 0 Å². The summed E-state index contributed by atoms with van der Waals surface area (Å²) in [5.41, 5.74) is 0.975. The van der Waals surface area contributed by atoms with Crippen molar-refractivity contribution in [2.75, 3.05) is 0 Å². The van der Waals surface area contributed by atoms with Gasteiger partial charge in [0.25, 0.3) is 0 Å². The van der Waals surface area contributed by atoms with Crippen LogP contribution in [0.2, 0.25) is 0 Å². The summed E-state index contributed by atoms with van der Waals surface area (Å²) in [6.45, 7) is 26.2. The third-order valence-corrected chi connectivity index (χ3v) is 6.06. The normalized spacial score (nSPS) is 13.0. The van der Waals surface area contributed by atoms with Crippen molar-refractivity contribution in [1.82, 2.24) is 19.9 Å². The van der Waals surface area contributed by atoms with Gasteiger partial charge in [-0.15, -0.1) is 0 Å². The Balaban J connectivity index is -0.000000333. The summed E-state index contributed by atoms with van der Waals surface area (Å²) in [6.07, 6.45) is 0. The molecule has 0 aliphatic carbocycles. The second kappa shape index (κ2) is 11.6. The minimum atomic E-state index is 0. The molecule has 0 aliphatic heterocycles. The van der Waals surface area contributed by atoms with Gasteiger partial charge in [-0.05, 0) is 83.1 Å². The van der Waals surface area contributed by atoms with E-state index in [0.29, 0.717) is 0 Å². The topological polar surface area (TPSA) is 48.1 Å². The third kappa shape index (κ3) is 35.1. The zero-order chi connectivity index (χ0) is 18.2. The molecule has 4 N–H and O–H groups in total. The van der Waals surface area contributed by atoms with Crippen molar-refractivity contribution in [2.24, 2.45) is 0 Å². The van der Waals surface area contributed by atoms with E-state index in [0.717, 1.165) is 0 Å². The van der Waals surface area contributed by atoms with Gasteiger partial charge in [-0.3, -0.25) is 0 Å².